The van der Waals surface area contributed by atoms with Gasteiger partial charge < -0.3 is 10.3 Å². The number of H-pyrrole nitrogens is 1. The second kappa shape index (κ2) is 3.75. The summed E-state index contributed by atoms with van der Waals surface area (Å²) in [5.74, 6) is 2.21. The Bertz CT molecular complexity index is 516. The van der Waals surface area contributed by atoms with Crippen LogP contribution in [-0.4, -0.2) is 23.1 Å². The van der Waals surface area contributed by atoms with E-state index >= 15 is 0 Å². The van der Waals surface area contributed by atoms with E-state index in [0.717, 1.165) is 35.0 Å². The first-order valence-corrected chi connectivity index (χ1v) is 5.98. The normalized spacial score (nSPS) is 18.6. The molecule has 0 saturated carbocycles. The van der Waals surface area contributed by atoms with Crippen molar-refractivity contribution in [1.29, 1.82) is 0 Å². The largest absolute Gasteiger partial charge is 0.342 e. The molecule has 1 saturated heterocycles. The molecule has 1 aliphatic heterocycles. The van der Waals surface area contributed by atoms with Crippen molar-refractivity contribution in [2.45, 2.75) is 12.8 Å². The van der Waals surface area contributed by atoms with Gasteiger partial charge in [-0.05, 0) is 31.1 Å². The molecule has 0 bridgehead atoms. The van der Waals surface area contributed by atoms with Gasteiger partial charge in [0.15, 0.2) is 0 Å². The highest BCUT2D eigenvalue weighted by Gasteiger charge is 2.26. The topological polar surface area (TPSA) is 40.7 Å². The highest BCUT2D eigenvalue weighted by atomic mass is 35.5. The summed E-state index contributed by atoms with van der Waals surface area (Å²) in [5.41, 5.74) is 1.92. The molecule has 0 radical (unpaired) electrons. The number of aromatic amines is 1. The molecular formula is C12H14ClN3. The molecule has 0 spiro atoms. The molecule has 1 aromatic heterocycles. The first kappa shape index (κ1) is 10.1. The van der Waals surface area contributed by atoms with Gasteiger partial charge in [-0.1, -0.05) is 24.6 Å². The second-order valence-corrected chi connectivity index (χ2v) is 4.87. The number of hydrogen-bond acceptors (Lipinski definition) is 2. The van der Waals surface area contributed by atoms with Crippen LogP contribution in [0, 0.1) is 5.92 Å². The minimum atomic E-state index is 0.463. The van der Waals surface area contributed by atoms with Crippen molar-refractivity contribution in [3.63, 3.8) is 0 Å². The van der Waals surface area contributed by atoms with Gasteiger partial charge in [-0.15, -0.1) is 0 Å². The number of imidazole rings is 1. The van der Waals surface area contributed by atoms with Gasteiger partial charge >= 0.3 is 0 Å². The molecule has 3 nitrogen and oxygen atoms in total. The van der Waals surface area contributed by atoms with Crippen molar-refractivity contribution in [1.82, 2.24) is 15.3 Å². The van der Waals surface area contributed by atoms with Crippen LogP contribution in [-0.2, 0) is 0 Å². The number of nitrogens with one attached hydrogen (secondary N) is 2. The number of fused-ring (bicyclic) bond motifs is 1. The summed E-state index contributed by atoms with van der Waals surface area (Å²) < 4.78 is 0. The van der Waals surface area contributed by atoms with Crippen molar-refractivity contribution < 1.29 is 0 Å². The molecular weight excluding hydrogens is 222 g/mol. The van der Waals surface area contributed by atoms with Gasteiger partial charge in [-0.25, -0.2) is 4.98 Å². The van der Waals surface area contributed by atoms with E-state index < -0.39 is 0 Å². The Morgan fingerprint density at radius 2 is 2.25 bits per heavy atom. The van der Waals surface area contributed by atoms with Crippen LogP contribution in [0.15, 0.2) is 18.2 Å². The number of benzene rings is 1. The van der Waals surface area contributed by atoms with Gasteiger partial charge in [0.05, 0.1) is 10.5 Å². The lowest BCUT2D eigenvalue weighted by molar-refractivity contribution is 0.297. The number of halogens is 1. The van der Waals surface area contributed by atoms with Gasteiger partial charge in [0.2, 0.25) is 0 Å². The van der Waals surface area contributed by atoms with E-state index in [9.17, 15) is 0 Å². The third-order valence-electron chi connectivity index (χ3n) is 3.43. The SMILES string of the molecule is CC(c1nc2c(Cl)cccc2[nH]1)C1CNC1. The summed E-state index contributed by atoms with van der Waals surface area (Å²) in [7, 11) is 0. The van der Waals surface area contributed by atoms with Crippen LogP contribution >= 0.6 is 11.6 Å². The Labute approximate surface area is 99.2 Å². The lowest BCUT2D eigenvalue weighted by Crippen LogP contribution is -2.44. The molecule has 0 amide bonds. The summed E-state index contributed by atoms with van der Waals surface area (Å²) in [5, 5.41) is 4.01. The van der Waals surface area contributed by atoms with Gasteiger partial charge in [-0.3, -0.25) is 0 Å². The molecule has 1 unspecified atom stereocenters. The Balaban J connectivity index is 2.01. The van der Waals surface area contributed by atoms with Gasteiger partial charge in [0.1, 0.15) is 11.3 Å². The van der Waals surface area contributed by atoms with Crippen molar-refractivity contribution in [3.05, 3.63) is 29.0 Å². The maximum atomic E-state index is 6.11. The summed E-state index contributed by atoms with van der Waals surface area (Å²) in [6, 6.07) is 5.84. The van der Waals surface area contributed by atoms with Crippen molar-refractivity contribution in [2.75, 3.05) is 13.1 Å². The average Bonchev–Trinajstić information content (AvgIpc) is 2.60. The predicted octanol–water partition coefficient (Wildman–Crippen LogP) is 2.54. The van der Waals surface area contributed by atoms with E-state index in [4.69, 9.17) is 11.6 Å². The second-order valence-electron chi connectivity index (χ2n) is 4.47. The van der Waals surface area contributed by atoms with Crippen LogP contribution < -0.4 is 5.32 Å². The van der Waals surface area contributed by atoms with Crippen LogP contribution in [0.3, 0.4) is 0 Å². The molecule has 3 rings (SSSR count). The Kier molecular flexibility index (Phi) is 2.37. The van der Waals surface area contributed by atoms with Crippen LogP contribution in [0.4, 0.5) is 0 Å². The third-order valence-corrected chi connectivity index (χ3v) is 3.74. The van der Waals surface area contributed by atoms with Crippen molar-refractivity contribution in [3.8, 4) is 0 Å². The summed E-state index contributed by atoms with van der Waals surface area (Å²) in [4.78, 5) is 7.96. The molecule has 2 aromatic rings. The van der Waals surface area contributed by atoms with Crippen molar-refractivity contribution >= 4 is 22.6 Å². The molecule has 84 valence electrons. The van der Waals surface area contributed by atoms with E-state index in [1.165, 1.54) is 0 Å². The number of hydrogen-bond donors (Lipinski definition) is 2. The van der Waals surface area contributed by atoms with Crippen LogP contribution in [0.1, 0.15) is 18.7 Å². The lowest BCUT2D eigenvalue weighted by Gasteiger charge is -2.31. The van der Waals surface area contributed by atoms with E-state index in [2.05, 4.69) is 22.2 Å². The zero-order valence-corrected chi connectivity index (χ0v) is 9.88. The summed E-state index contributed by atoms with van der Waals surface area (Å²) >= 11 is 6.11. The van der Waals surface area contributed by atoms with E-state index in [1.807, 2.05) is 18.2 Å². The van der Waals surface area contributed by atoms with E-state index in [1.54, 1.807) is 0 Å². The number of para-hydroxylation sites is 1. The first-order chi connectivity index (χ1) is 7.75. The fourth-order valence-corrected chi connectivity index (χ4v) is 2.34. The number of aromatic nitrogens is 2. The first-order valence-electron chi connectivity index (χ1n) is 5.60. The molecule has 1 aliphatic rings. The third kappa shape index (κ3) is 1.51. The lowest BCUT2D eigenvalue weighted by atomic mass is 9.88. The molecule has 1 atom stereocenters. The standard InChI is InChI=1S/C12H14ClN3/c1-7(8-5-14-6-8)12-15-10-4-2-3-9(13)11(10)16-12/h2-4,7-8,14H,5-6H2,1H3,(H,15,16). The molecule has 2 N–H and O–H groups in total. The zero-order valence-electron chi connectivity index (χ0n) is 9.13. The number of nitrogens with zero attached hydrogens (tertiary/aromatic N) is 1. The highest BCUT2D eigenvalue weighted by Crippen LogP contribution is 2.28. The van der Waals surface area contributed by atoms with Crippen molar-refractivity contribution in [2.24, 2.45) is 5.92 Å². The van der Waals surface area contributed by atoms with Crippen LogP contribution in [0.5, 0.6) is 0 Å². The fraction of sp³-hybridized carbons (Fsp3) is 0.417. The fourth-order valence-electron chi connectivity index (χ4n) is 2.12. The molecule has 2 heterocycles. The summed E-state index contributed by atoms with van der Waals surface area (Å²) in [6.07, 6.45) is 0. The summed E-state index contributed by atoms with van der Waals surface area (Å²) in [6.45, 7) is 4.40. The van der Waals surface area contributed by atoms with E-state index in [0.29, 0.717) is 11.8 Å². The molecule has 1 aromatic carbocycles. The molecule has 0 aliphatic carbocycles. The zero-order chi connectivity index (χ0) is 11.1. The molecule has 16 heavy (non-hydrogen) atoms. The monoisotopic (exact) mass is 235 g/mol. The Hall–Kier alpha value is -1.06. The van der Waals surface area contributed by atoms with Crippen LogP contribution in [0.25, 0.3) is 11.0 Å². The minimum absolute atomic E-state index is 0.463. The Morgan fingerprint density at radius 3 is 2.88 bits per heavy atom. The van der Waals surface area contributed by atoms with E-state index in [-0.39, 0.29) is 0 Å². The van der Waals surface area contributed by atoms with Gasteiger partial charge in [-0.2, -0.15) is 0 Å². The Morgan fingerprint density at radius 1 is 1.44 bits per heavy atom. The maximum Gasteiger partial charge on any atom is 0.110 e. The maximum absolute atomic E-state index is 6.11. The number of rotatable bonds is 2. The molecule has 4 heteroatoms. The quantitative estimate of drug-likeness (QED) is 0.840. The smallest absolute Gasteiger partial charge is 0.110 e. The minimum Gasteiger partial charge on any atom is -0.342 e. The molecule has 1 fully saturated rings. The van der Waals surface area contributed by atoms with Gasteiger partial charge in [0, 0.05) is 5.92 Å². The predicted molar refractivity (Wildman–Crippen MR) is 65.9 cm³/mol. The highest BCUT2D eigenvalue weighted by molar-refractivity contribution is 6.34. The average molecular weight is 236 g/mol. The van der Waals surface area contributed by atoms with Crippen LogP contribution in [0.2, 0.25) is 5.02 Å². The van der Waals surface area contributed by atoms with Gasteiger partial charge in [0.25, 0.3) is 0 Å².